The van der Waals surface area contributed by atoms with Gasteiger partial charge in [-0.25, -0.2) is 9.78 Å². The predicted octanol–water partition coefficient (Wildman–Crippen LogP) is 2.16. The standard InChI is InChI=1S/C10H10BrN3O3S/c1-4-3-18-9-13-7(5(2)12-10(16)17)6(11)8(15)14(4)9/h3,5,12H,1-2H3,(H,16,17). The Kier molecular flexibility index (Phi) is 3.40. The molecular formula is C10H10BrN3O3S. The zero-order valence-electron chi connectivity index (χ0n) is 9.60. The Morgan fingerprint density at radius 2 is 2.33 bits per heavy atom. The van der Waals surface area contributed by atoms with Gasteiger partial charge in [-0.05, 0) is 29.8 Å². The van der Waals surface area contributed by atoms with Gasteiger partial charge in [-0.2, -0.15) is 0 Å². The van der Waals surface area contributed by atoms with Gasteiger partial charge in [0.1, 0.15) is 4.47 Å². The predicted molar refractivity (Wildman–Crippen MR) is 71.4 cm³/mol. The van der Waals surface area contributed by atoms with Crippen molar-refractivity contribution in [3.05, 3.63) is 31.6 Å². The number of aryl methyl sites for hydroxylation is 1. The number of rotatable bonds is 2. The van der Waals surface area contributed by atoms with Crippen molar-refractivity contribution in [3.63, 3.8) is 0 Å². The second-order valence-corrected chi connectivity index (χ2v) is 5.41. The van der Waals surface area contributed by atoms with Crippen molar-refractivity contribution >= 4 is 38.3 Å². The number of hydrogen-bond acceptors (Lipinski definition) is 4. The van der Waals surface area contributed by atoms with Crippen LogP contribution in [0.5, 0.6) is 0 Å². The third-order valence-electron chi connectivity index (χ3n) is 2.46. The van der Waals surface area contributed by atoms with Crippen LogP contribution in [0.25, 0.3) is 4.96 Å². The molecule has 2 aromatic heterocycles. The maximum atomic E-state index is 12.1. The highest BCUT2D eigenvalue weighted by atomic mass is 79.9. The number of nitrogens with one attached hydrogen (secondary N) is 1. The maximum Gasteiger partial charge on any atom is 0.405 e. The van der Waals surface area contributed by atoms with E-state index in [0.717, 1.165) is 5.69 Å². The lowest BCUT2D eigenvalue weighted by Gasteiger charge is -2.12. The quantitative estimate of drug-likeness (QED) is 0.883. The zero-order chi connectivity index (χ0) is 13.4. The Labute approximate surface area is 114 Å². The summed E-state index contributed by atoms with van der Waals surface area (Å²) in [5.41, 5.74) is 0.968. The van der Waals surface area contributed by atoms with Crippen LogP contribution in [0.15, 0.2) is 14.6 Å². The van der Waals surface area contributed by atoms with E-state index in [9.17, 15) is 9.59 Å². The molecule has 0 aliphatic heterocycles. The minimum atomic E-state index is -1.15. The van der Waals surface area contributed by atoms with Crippen LogP contribution < -0.4 is 10.9 Å². The van der Waals surface area contributed by atoms with Gasteiger partial charge in [0.2, 0.25) is 0 Å². The van der Waals surface area contributed by atoms with Gasteiger partial charge in [0.25, 0.3) is 5.56 Å². The summed E-state index contributed by atoms with van der Waals surface area (Å²) in [7, 11) is 0. The number of nitrogens with zero attached hydrogens (tertiary/aromatic N) is 2. The van der Waals surface area contributed by atoms with E-state index in [1.807, 2.05) is 12.3 Å². The Bertz CT molecular complexity index is 679. The Hall–Kier alpha value is -1.41. The van der Waals surface area contributed by atoms with Gasteiger partial charge >= 0.3 is 6.09 Å². The van der Waals surface area contributed by atoms with Gasteiger partial charge in [0, 0.05) is 11.1 Å². The van der Waals surface area contributed by atoms with Crippen LogP contribution in [0.4, 0.5) is 4.79 Å². The van der Waals surface area contributed by atoms with Crippen LogP contribution in [0, 0.1) is 6.92 Å². The molecule has 96 valence electrons. The Morgan fingerprint density at radius 3 is 2.94 bits per heavy atom. The molecule has 0 radical (unpaired) electrons. The smallest absolute Gasteiger partial charge is 0.405 e. The van der Waals surface area contributed by atoms with Gasteiger partial charge in [0.05, 0.1) is 11.7 Å². The molecule has 0 spiro atoms. The second kappa shape index (κ2) is 4.69. The summed E-state index contributed by atoms with van der Waals surface area (Å²) in [4.78, 5) is 27.6. The van der Waals surface area contributed by atoms with Crippen LogP contribution >= 0.6 is 27.3 Å². The monoisotopic (exact) mass is 331 g/mol. The number of thiazole rings is 1. The van der Waals surface area contributed by atoms with Gasteiger partial charge < -0.3 is 10.4 Å². The lowest BCUT2D eigenvalue weighted by molar-refractivity contribution is 0.190. The Balaban J connectivity index is 2.63. The molecule has 8 heteroatoms. The fourth-order valence-electron chi connectivity index (χ4n) is 1.62. The molecule has 6 nitrogen and oxygen atoms in total. The lowest BCUT2D eigenvalue weighted by Crippen LogP contribution is -2.28. The zero-order valence-corrected chi connectivity index (χ0v) is 12.0. The summed E-state index contributed by atoms with van der Waals surface area (Å²) in [6, 6.07) is -0.558. The number of amides is 1. The first-order valence-corrected chi connectivity index (χ1v) is 6.74. The van der Waals surface area contributed by atoms with E-state index < -0.39 is 12.1 Å². The average Bonchev–Trinajstić information content (AvgIpc) is 2.64. The summed E-state index contributed by atoms with van der Waals surface area (Å²) in [6.07, 6.45) is -1.15. The molecule has 2 aromatic rings. The minimum absolute atomic E-state index is 0.229. The van der Waals surface area contributed by atoms with E-state index in [1.165, 1.54) is 15.7 Å². The lowest BCUT2D eigenvalue weighted by atomic mass is 10.2. The van der Waals surface area contributed by atoms with E-state index in [0.29, 0.717) is 10.7 Å². The van der Waals surface area contributed by atoms with Crippen LogP contribution in [0.2, 0.25) is 0 Å². The van der Waals surface area contributed by atoms with Crippen molar-refractivity contribution in [2.45, 2.75) is 19.9 Å². The van der Waals surface area contributed by atoms with E-state index in [-0.39, 0.29) is 10.0 Å². The van der Waals surface area contributed by atoms with Crippen molar-refractivity contribution in [3.8, 4) is 0 Å². The molecule has 0 aliphatic carbocycles. The summed E-state index contributed by atoms with van der Waals surface area (Å²) < 4.78 is 1.77. The van der Waals surface area contributed by atoms with E-state index in [1.54, 1.807) is 6.92 Å². The molecule has 0 saturated heterocycles. The van der Waals surface area contributed by atoms with Gasteiger partial charge in [-0.3, -0.25) is 9.20 Å². The summed E-state index contributed by atoms with van der Waals surface area (Å²) in [5.74, 6) is 0. The molecule has 2 rings (SSSR count). The molecule has 1 amide bonds. The average molecular weight is 332 g/mol. The molecule has 0 fully saturated rings. The fourth-order valence-corrected chi connectivity index (χ4v) is 3.09. The molecular weight excluding hydrogens is 322 g/mol. The van der Waals surface area contributed by atoms with Crippen LogP contribution in [-0.4, -0.2) is 20.6 Å². The molecule has 18 heavy (non-hydrogen) atoms. The summed E-state index contributed by atoms with van der Waals surface area (Å²) in [6.45, 7) is 3.45. The van der Waals surface area contributed by atoms with Crippen LogP contribution in [0.1, 0.15) is 24.4 Å². The highest BCUT2D eigenvalue weighted by Gasteiger charge is 2.18. The highest BCUT2D eigenvalue weighted by molar-refractivity contribution is 9.10. The molecule has 0 saturated carbocycles. The van der Waals surface area contributed by atoms with Crippen molar-refractivity contribution in [2.75, 3.05) is 0 Å². The Morgan fingerprint density at radius 1 is 1.67 bits per heavy atom. The number of hydrogen-bond donors (Lipinski definition) is 2. The SMILES string of the molecule is Cc1csc2nc(C(C)NC(=O)O)c(Br)c(=O)n12. The van der Waals surface area contributed by atoms with E-state index in [4.69, 9.17) is 5.11 Å². The van der Waals surface area contributed by atoms with E-state index in [2.05, 4.69) is 26.2 Å². The molecule has 2 heterocycles. The van der Waals surface area contributed by atoms with E-state index >= 15 is 0 Å². The molecule has 0 aromatic carbocycles. The van der Waals surface area contributed by atoms with Crippen molar-refractivity contribution < 1.29 is 9.90 Å². The molecule has 2 N–H and O–H groups in total. The largest absolute Gasteiger partial charge is 0.465 e. The third kappa shape index (κ3) is 2.13. The van der Waals surface area contributed by atoms with Gasteiger partial charge in [0.15, 0.2) is 4.96 Å². The third-order valence-corrected chi connectivity index (χ3v) is 4.15. The van der Waals surface area contributed by atoms with Crippen molar-refractivity contribution in [1.29, 1.82) is 0 Å². The van der Waals surface area contributed by atoms with Gasteiger partial charge in [-0.1, -0.05) is 0 Å². The summed E-state index contributed by atoms with van der Waals surface area (Å²) >= 11 is 4.53. The second-order valence-electron chi connectivity index (χ2n) is 3.78. The number of aromatic nitrogens is 2. The molecule has 1 unspecified atom stereocenters. The van der Waals surface area contributed by atoms with Crippen molar-refractivity contribution in [2.24, 2.45) is 0 Å². The first-order valence-electron chi connectivity index (χ1n) is 5.07. The maximum absolute atomic E-state index is 12.1. The van der Waals surface area contributed by atoms with Crippen LogP contribution in [0.3, 0.4) is 0 Å². The normalized spacial score (nSPS) is 12.6. The molecule has 0 aliphatic rings. The number of carbonyl (C=O) groups is 1. The fraction of sp³-hybridized carbons (Fsp3) is 0.300. The summed E-state index contributed by atoms with van der Waals surface area (Å²) in [5, 5.41) is 12.8. The van der Waals surface area contributed by atoms with Crippen LogP contribution in [-0.2, 0) is 0 Å². The number of carboxylic acid groups (broad SMARTS) is 1. The topological polar surface area (TPSA) is 83.7 Å². The van der Waals surface area contributed by atoms with Gasteiger partial charge in [-0.15, -0.1) is 11.3 Å². The number of halogens is 1. The first-order chi connectivity index (χ1) is 8.41. The minimum Gasteiger partial charge on any atom is -0.465 e. The number of fused-ring (bicyclic) bond motifs is 1. The first kappa shape index (κ1) is 13.0. The molecule has 1 atom stereocenters. The molecule has 0 bridgehead atoms. The highest BCUT2D eigenvalue weighted by Crippen LogP contribution is 2.21. The van der Waals surface area contributed by atoms with Crippen molar-refractivity contribution in [1.82, 2.24) is 14.7 Å².